The molecule has 0 fully saturated rings. The predicted molar refractivity (Wildman–Crippen MR) is 82.8 cm³/mol. The molecular weight excluding hydrogens is 248 g/mol. The molecule has 2 aromatic rings. The normalized spacial score (nSPS) is 16.6. The Labute approximate surface area is 117 Å². The van der Waals surface area contributed by atoms with Gasteiger partial charge in [0.25, 0.3) is 0 Å². The van der Waals surface area contributed by atoms with Crippen molar-refractivity contribution in [3.05, 3.63) is 53.6 Å². The lowest BCUT2D eigenvalue weighted by Gasteiger charge is -2.31. The van der Waals surface area contributed by atoms with Gasteiger partial charge in [0.05, 0.1) is 12.0 Å². The third-order valence-electron chi connectivity index (χ3n) is 3.31. The van der Waals surface area contributed by atoms with E-state index in [1.807, 2.05) is 47.4 Å². The second-order valence-corrected chi connectivity index (χ2v) is 4.61. The fourth-order valence-corrected chi connectivity index (χ4v) is 2.25. The van der Waals surface area contributed by atoms with Crippen molar-refractivity contribution in [2.75, 3.05) is 10.6 Å². The number of nitrogen functional groups attached to an aromatic ring is 1. The van der Waals surface area contributed by atoms with Crippen molar-refractivity contribution in [1.82, 2.24) is 0 Å². The van der Waals surface area contributed by atoms with E-state index in [1.165, 1.54) is 0 Å². The first-order chi connectivity index (χ1) is 9.69. The van der Waals surface area contributed by atoms with Gasteiger partial charge in [-0.3, -0.25) is 0 Å². The fraction of sp³-hybridized carbons (Fsp3) is 0.0625. The van der Waals surface area contributed by atoms with Gasteiger partial charge in [0, 0.05) is 22.5 Å². The third kappa shape index (κ3) is 2.00. The minimum Gasteiger partial charge on any atom is -0.399 e. The van der Waals surface area contributed by atoms with Gasteiger partial charge in [-0.05, 0) is 30.3 Å². The second kappa shape index (κ2) is 4.72. The number of fused-ring (bicyclic) bond motifs is 1. The summed E-state index contributed by atoms with van der Waals surface area (Å²) in [5, 5.41) is 0. The van der Waals surface area contributed by atoms with Gasteiger partial charge in [0.15, 0.2) is 0 Å². The van der Waals surface area contributed by atoms with Crippen molar-refractivity contribution in [3.8, 4) is 12.3 Å². The number of aliphatic imine (C=N–C) groups is 1. The molecule has 4 nitrogen and oxygen atoms in total. The number of rotatable bonds is 1. The number of nitrogens with zero attached hydrogens (tertiary/aromatic N) is 2. The van der Waals surface area contributed by atoms with Gasteiger partial charge in [0.2, 0.25) is 0 Å². The van der Waals surface area contributed by atoms with Gasteiger partial charge >= 0.3 is 0 Å². The maximum absolute atomic E-state index is 6.31. The molecule has 0 bridgehead atoms. The highest BCUT2D eigenvalue weighted by Gasteiger charge is 2.22. The highest BCUT2D eigenvalue weighted by Crippen LogP contribution is 2.34. The zero-order chi connectivity index (χ0) is 14.1. The standard InChI is InChI=1S/C16H14N4/c1-2-11-4-3-5-13(8-11)20-10-19-15-9-12(17)6-7-14(15)16(20)18/h1,3-10,16H,17-18H2. The first-order valence-electron chi connectivity index (χ1n) is 6.23. The Bertz CT molecular complexity index is 727. The van der Waals surface area contributed by atoms with E-state index < -0.39 is 0 Å². The van der Waals surface area contributed by atoms with Crippen LogP contribution in [-0.2, 0) is 0 Å². The van der Waals surface area contributed by atoms with Crippen LogP contribution >= 0.6 is 0 Å². The van der Waals surface area contributed by atoms with Crippen molar-refractivity contribution in [3.63, 3.8) is 0 Å². The Kier molecular flexibility index (Phi) is 2.90. The molecule has 0 aliphatic carbocycles. The van der Waals surface area contributed by atoms with Crippen LogP contribution in [0.1, 0.15) is 17.3 Å². The van der Waals surface area contributed by atoms with Crippen LogP contribution in [0.4, 0.5) is 17.1 Å². The summed E-state index contributed by atoms with van der Waals surface area (Å²) < 4.78 is 0. The van der Waals surface area contributed by atoms with Crippen LogP contribution < -0.4 is 16.4 Å². The lowest BCUT2D eigenvalue weighted by Crippen LogP contribution is -2.35. The minimum atomic E-state index is -0.309. The molecule has 98 valence electrons. The second-order valence-electron chi connectivity index (χ2n) is 4.61. The topological polar surface area (TPSA) is 67.6 Å². The van der Waals surface area contributed by atoms with E-state index in [4.69, 9.17) is 17.9 Å². The maximum atomic E-state index is 6.31. The van der Waals surface area contributed by atoms with E-state index >= 15 is 0 Å². The largest absolute Gasteiger partial charge is 0.399 e. The zero-order valence-electron chi connectivity index (χ0n) is 10.8. The molecule has 0 radical (unpaired) electrons. The lowest BCUT2D eigenvalue weighted by atomic mass is 10.1. The van der Waals surface area contributed by atoms with Gasteiger partial charge in [0.1, 0.15) is 6.17 Å². The lowest BCUT2D eigenvalue weighted by molar-refractivity contribution is 0.750. The molecule has 3 rings (SSSR count). The van der Waals surface area contributed by atoms with Crippen LogP contribution in [0.5, 0.6) is 0 Å². The molecule has 1 unspecified atom stereocenters. The Morgan fingerprint density at radius 1 is 1.20 bits per heavy atom. The van der Waals surface area contributed by atoms with Gasteiger partial charge < -0.3 is 16.4 Å². The quantitative estimate of drug-likeness (QED) is 0.612. The third-order valence-corrected chi connectivity index (χ3v) is 3.31. The SMILES string of the molecule is C#Cc1cccc(N2C=Nc3cc(N)ccc3C2N)c1. The average molecular weight is 262 g/mol. The van der Waals surface area contributed by atoms with Crippen LogP contribution in [0.15, 0.2) is 47.5 Å². The first kappa shape index (κ1) is 12.3. The molecule has 4 N–H and O–H groups in total. The number of terminal acetylenes is 1. The molecule has 1 aliphatic rings. The molecule has 0 saturated carbocycles. The summed E-state index contributed by atoms with van der Waals surface area (Å²) in [5.41, 5.74) is 16.2. The molecule has 0 spiro atoms. The molecule has 1 heterocycles. The number of anilines is 2. The Morgan fingerprint density at radius 3 is 2.85 bits per heavy atom. The fourth-order valence-electron chi connectivity index (χ4n) is 2.25. The molecule has 20 heavy (non-hydrogen) atoms. The molecule has 0 saturated heterocycles. The average Bonchev–Trinajstić information content (AvgIpc) is 2.47. The number of nitrogens with two attached hydrogens (primary N) is 2. The van der Waals surface area contributed by atoms with E-state index in [9.17, 15) is 0 Å². The van der Waals surface area contributed by atoms with Crippen LogP contribution in [0.25, 0.3) is 0 Å². The summed E-state index contributed by atoms with van der Waals surface area (Å²) in [4.78, 5) is 6.30. The summed E-state index contributed by atoms with van der Waals surface area (Å²) in [6.07, 6.45) is 6.83. The molecule has 0 aromatic heterocycles. The van der Waals surface area contributed by atoms with E-state index in [1.54, 1.807) is 6.34 Å². The van der Waals surface area contributed by atoms with E-state index in [2.05, 4.69) is 10.9 Å². The van der Waals surface area contributed by atoms with E-state index in [0.717, 1.165) is 22.5 Å². The monoisotopic (exact) mass is 262 g/mol. The van der Waals surface area contributed by atoms with Crippen LogP contribution in [0.2, 0.25) is 0 Å². The first-order valence-corrected chi connectivity index (χ1v) is 6.23. The van der Waals surface area contributed by atoms with E-state index in [-0.39, 0.29) is 6.17 Å². The molecule has 0 amide bonds. The highest BCUT2D eigenvalue weighted by atomic mass is 15.3. The van der Waals surface area contributed by atoms with Gasteiger partial charge in [-0.15, -0.1) is 6.42 Å². The summed E-state index contributed by atoms with van der Waals surface area (Å²) in [6, 6.07) is 13.2. The molecular formula is C16H14N4. The molecule has 1 aliphatic heterocycles. The van der Waals surface area contributed by atoms with Crippen molar-refractivity contribution in [2.45, 2.75) is 6.17 Å². The predicted octanol–water partition coefficient (Wildman–Crippen LogP) is 2.39. The van der Waals surface area contributed by atoms with Crippen molar-refractivity contribution < 1.29 is 0 Å². The number of benzene rings is 2. The highest BCUT2D eigenvalue weighted by molar-refractivity contribution is 5.86. The summed E-state index contributed by atoms with van der Waals surface area (Å²) in [6.45, 7) is 0. The Morgan fingerprint density at radius 2 is 2.05 bits per heavy atom. The van der Waals surface area contributed by atoms with Crippen molar-refractivity contribution >= 4 is 23.4 Å². The number of hydrogen-bond acceptors (Lipinski definition) is 4. The smallest absolute Gasteiger partial charge is 0.111 e. The Hall–Kier alpha value is -2.77. The summed E-state index contributed by atoms with van der Waals surface area (Å²) in [5.74, 6) is 2.62. The molecule has 2 aromatic carbocycles. The van der Waals surface area contributed by atoms with Gasteiger partial charge in [-0.25, -0.2) is 4.99 Å². The van der Waals surface area contributed by atoms with Gasteiger partial charge in [-0.1, -0.05) is 18.1 Å². The zero-order valence-corrected chi connectivity index (χ0v) is 10.8. The summed E-state index contributed by atoms with van der Waals surface area (Å²) >= 11 is 0. The Balaban J connectivity index is 2.02. The van der Waals surface area contributed by atoms with E-state index in [0.29, 0.717) is 5.69 Å². The molecule has 1 atom stereocenters. The van der Waals surface area contributed by atoms with Crippen molar-refractivity contribution in [2.24, 2.45) is 10.7 Å². The van der Waals surface area contributed by atoms with Crippen LogP contribution in [0, 0.1) is 12.3 Å². The minimum absolute atomic E-state index is 0.309. The van der Waals surface area contributed by atoms with Crippen LogP contribution in [0.3, 0.4) is 0 Å². The van der Waals surface area contributed by atoms with Crippen molar-refractivity contribution in [1.29, 1.82) is 0 Å². The van der Waals surface area contributed by atoms with Gasteiger partial charge in [-0.2, -0.15) is 0 Å². The number of hydrogen-bond donors (Lipinski definition) is 2. The van der Waals surface area contributed by atoms with Crippen LogP contribution in [-0.4, -0.2) is 6.34 Å². The summed E-state index contributed by atoms with van der Waals surface area (Å²) in [7, 11) is 0. The molecule has 4 heteroatoms. The maximum Gasteiger partial charge on any atom is 0.111 e.